The van der Waals surface area contributed by atoms with E-state index in [1.54, 1.807) is 0 Å². The molecule has 0 saturated heterocycles. The molecule has 6 heterocycles. The van der Waals surface area contributed by atoms with Gasteiger partial charge in [-0.15, -0.1) is 22.7 Å². The van der Waals surface area contributed by atoms with Gasteiger partial charge in [0.15, 0.2) is 11.6 Å². The Morgan fingerprint density at radius 2 is 0.441 bits per heavy atom. The first kappa shape index (κ1) is 68.5. The van der Waals surface area contributed by atoms with Crippen LogP contribution in [0.25, 0.3) is 239 Å². The normalized spacial score (nSPS) is 11.7. The lowest BCUT2D eigenvalue weighted by Gasteiger charge is -2.15. The van der Waals surface area contributed by atoms with E-state index in [1.807, 2.05) is 83.3 Å². The van der Waals surface area contributed by atoms with Crippen LogP contribution in [0.4, 0.5) is 0 Å². The van der Waals surface area contributed by atoms with Crippen molar-refractivity contribution in [1.82, 2.24) is 29.9 Å². The van der Waals surface area contributed by atoms with Gasteiger partial charge in [0.2, 0.25) is 0 Å². The molecule has 0 fully saturated rings. The van der Waals surface area contributed by atoms with Gasteiger partial charge in [0.25, 0.3) is 0 Å². The molecule has 18 aromatic carbocycles. The summed E-state index contributed by atoms with van der Waals surface area (Å²) in [5.74, 6) is 1.37. The summed E-state index contributed by atoms with van der Waals surface area (Å²) in [5, 5.41) is 22.2. The van der Waals surface area contributed by atoms with Crippen LogP contribution in [-0.4, -0.2) is 29.9 Å². The van der Waals surface area contributed by atoms with E-state index < -0.39 is 0 Å². The fourth-order valence-electron chi connectivity index (χ4n) is 17.7. The minimum atomic E-state index is 0.680. The number of fused-ring (bicyclic) bond motifs is 22. The second-order valence-corrected chi connectivity index (χ2v) is 32.3. The summed E-state index contributed by atoms with van der Waals surface area (Å²) in [6.45, 7) is 0. The van der Waals surface area contributed by atoms with E-state index in [-0.39, 0.29) is 0 Å². The Hall–Kier alpha value is -15.1. The molecule has 0 atom stereocenters. The van der Waals surface area contributed by atoms with Gasteiger partial charge in [-0.3, -0.25) is 0 Å². The topological polar surface area (TPSA) is 77.3 Å². The van der Waals surface area contributed by atoms with Gasteiger partial charge in [-0.2, -0.15) is 0 Å². The Labute approximate surface area is 687 Å². The summed E-state index contributed by atoms with van der Waals surface area (Å²) in [6.07, 6.45) is 0. The molecule has 0 aliphatic carbocycles. The Balaban J connectivity index is 0.000000138. The molecule has 24 rings (SSSR count). The minimum absolute atomic E-state index is 0.680. The zero-order chi connectivity index (χ0) is 77.7. The molecule has 0 radical (unpaired) electrons. The van der Waals surface area contributed by atoms with Crippen molar-refractivity contribution in [2.45, 2.75) is 0 Å². The molecule has 0 aliphatic rings. The monoisotopic (exact) mass is 1530 g/mol. The number of benzene rings is 18. The lowest BCUT2D eigenvalue weighted by Crippen LogP contribution is -1.97. The molecule has 548 valence electrons. The van der Waals surface area contributed by atoms with Crippen molar-refractivity contribution in [3.63, 3.8) is 0 Å². The van der Waals surface area contributed by atoms with Gasteiger partial charge < -0.3 is 0 Å². The molecule has 0 N–H and O–H groups in total. The van der Waals surface area contributed by atoms with Gasteiger partial charge in [0.1, 0.15) is 0 Å². The average molecular weight is 1540 g/mol. The second kappa shape index (κ2) is 28.5. The zero-order valence-corrected chi connectivity index (χ0v) is 65.2. The van der Waals surface area contributed by atoms with Crippen molar-refractivity contribution in [2.75, 3.05) is 0 Å². The standard InChI is InChI=1S/2C55H33N3S/c1-3-14-35(15-4-1)48-33-49(36-16-5-2-6-17-36)57-55(56-48)37-28-26-34(27-29-37)39-23-13-24-46-53(39)58-52(51-45-22-11-12-25-50(45)59-54(46)51)38-30-31-44-42-20-8-7-18-40(42)41-19-9-10-21-43(41)47(44)32-38;1-3-14-34(15-4-1)35-26-28-36(29-27-35)48-33-49(57-55(56-48)37-16-5-2-6-17-37)44-23-13-24-46-53(44)58-52(51-45-22-11-12-25-50(45)59-54(46)51)38-30-31-43-41-20-8-7-18-39(41)40-19-9-10-21-42(40)47(43)32-38/h2*1-33H. The van der Waals surface area contributed by atoms with Crippen molar-refractivity contribution < 1.29 is 0 Å². The Morgan fingerprint density at radius 1 is 0.161 bits per heavy atom. The van der Waals surface area contributed by atoms with Crippen molar-refractivity contribution >= 4 is 149 Å². The molecular weight excluding hydrogens is 1470 g/mol. The number of pyridine rings is 2. The lowest BCUT2D eigenvalue weighted by atomic mass is 9.92. The summed E-state index contributed by atoms with van der Waals surface area (Å²) in [6, 6.07) is 143. The molecule has 118 heavy (non-hydrogen) atoms. The molecule has 0 unspecified atom stereocenters. The third-order valence-electron chi connectivity index (χ3n) is 23.3. The van der Waals surface area contributed by atoms with Crippen molar-refractivity contribution in [2.24, 2.45) is 0 Å². The van der Waals surface area contributed by atoms with Gasteiger partial charge in [-0.05, 0) is 118 Å². The molecule has 0 aliphatic heterocycles. The number of para-hydroxylation sites is 2. The number of hydrogen-bond acceptors (Lipinski definition) is 8. The summed E-state index contributed by atoms with van der Waals surface area (Å²) in [5.41, 5.74) is 20.2. The minimum Gasteiger partial charge on any atom is -0.246 e. The van der Waals surface area contributed by atoms with Gasteiger partial charge in [-0.25, -0.2) is 29.9 Å². The molecule has 0 spiro atoms. The van der Waals surface area contributed by atoms with Gasteiger partial charge >= 0.3 is 0 Å². The van der Waals surface area contributed by atoms with Crippen LogP contribution in [0, 0.1) is 0 Å². The highest BCUT2D eigenvalue weighted by Crippen LogP contribution is 2.50. The second-order valence-electron chi connectivity index (χ2n) is 30.2. The first-order chi connectivity index (χ1) is 58.5. The Morgan fingerprint density at radius 3 is 0.881 bits per heavy atom. The van der Waals surface area contributed by atoms with Crippen LogP contribution in [0.15, 0.2) is 400 Å². The first-order valence-corrected chi connectivity index (χ1v) is 41.5. The van der Waals surface area contributed by atoms with Crippen LogP contribution in [0.2, 0.25) is 0 Å². The number of aromatic nitrogens is 6. The summed E-state index contributed by atoms with van der Waals surface area (Å²) in [7, 11) is 0. The predicted molar refractivity (Wildman–Crippen MR) is 500 cm³/mol. The van der Waals surface area contributed by atoms with Crippen molar-refractivity contribution in [3.8, 4) is 113 Å². The molecule has 6 nitrogen and oxygen atoms in total. The first-order valence-electron chi connectivity index (χ1n) is 39.9. The third-order valence-corrected chi connectivity index (χ3v) is 25.8. The third kappa shape index (κ3) is 11.7. The van der Waals surface area contributed by atoms with E-state index in [0.717, 1.165) is 112 Å². The Kier molecular flexibility index (Phi) is 16.5. The molecular formula is C110H66N6S2. The van der Waals surface area contributed by atoms with Crippen molar-refractivity contribution in [3.05, 3.63) is 400 Å². The van der Waals surface area contributed by atoms with E-state index >= 15 is 0 Å². The van der Waals surface area contributed by atoms with Gasteiger partial charge in [-0.1, -0.05) is 364 Å². The summed E-state index contributed by atoms with van der Waals surface area (Å²) < 4.78 is 4.99. The van der Waals surface area contributed by atoms with Crippen LogP contribution in [0.3, 0.4) is 0 Å². The van der Waals surface area contributed by atoms with E-state index in [4.69, 9.17) is 29.9 Å². The number of nitrogens with zero attached hydrogens (tertiary/aromatic N) is 6. The molecule has 24 aromatic rings. The maximum absolute atomic E-state index is 5.72. The molecule has 6 aromatic heterocycles. The molecule has 0 amide bonds. The van der Waals surface area contributed by atoms with Crippen LogP contribution in [0.1, 0.15) is 0 Å². The summed E-state index contributed by atoms with van der Waals surface area (Å²) in [4.78, 5) is 32.0. The van der Waals surface area contributed by atoms with Crippen LogP contribution < -0.4 is 0 Å². The van der Waals surface area contributed by atoms with E-state index in [2.05, 4.69) is 340 Å². The molecule has 0 saturated carbocycles. The van der Waals surface area contributed by atoms with E-state index in [0.29, 0.717) is 11.6 Å². The highest BCUT2D eigenvalue weighted by molar-refractivity contribution is 7.27. The maximum Gasteiger partial charge on any atom is 0.160 e. The highest BCUT2D eigenvalue weighted by atomic mass is 32.1. The fraction of sp³-hybridized carbons (Fsp3) is 0. The van der Waals surface area contributed by atoms with Crippen LogP contribution in [-0.2, 0) is 0 Å². The molecule has 8 heteroatoms. The lowest BCUT2D eigenvalue weighted by molar-refractivity contribution is 1.18. The van der Waals surface area contributed by atoms with Crippen molar-refractivity contribution in [1.29, 1.82) is 0 Å². The van der Waals surface area contributed by atoms with Crippen LogP contribution >= 0.6 is 22.7 Å². The average Bonchev–Trinajstić information content (AvgIpc) is 1.43. The fourth-order valence-corrected chi connectivity index (χ4v) is 20.2. The number of rotatable bonds is 10. The molecule has 0 bridgehead atoms. The largest absolute Gasteiger partial charge is 0.246 e. The number of hydrogen-bond donors (Lipinski definition) is 0. The smallest absolute Gasteiger partial charge is 0.160 e. The number of thiophene rings is 2. The van der Waals surface area contributed by atoms with Gasteiger partial charge in [0, 0.05) is 101 Å². The van der Waals surface area contributed by atoms with Crippen LogP contribution in [0.5, 0.6) is 0 Å². The Bertz CT molecular complexity index is 8020. The van der Waals surface area contributed by atoms with E-state index in [9.17, 15) is 0 Å². The predicted octanol–water partition coefficient (Wildman–Crippen LogP) is 30.4. The van der Waals surface area contributed by atoms with E-state index in [1.165, 1.54) is 116 Å². The zero-order valence-electron chi connectivity index (χ0n) is 63.6. The quantitative estimate of drug-likeness (QED) is 0.127. The summed E-state index contributed by atoms with van der Waals surface area (Å²) >= 11 is 3.69. The van der Waals surface area contributed by atoms with Gasteiger partial charge in [0.05, 0.1) is 45.2 Å². The highest BCUT2D eigenvalue weighted by Gasteiger charge is 2.25. The maximum atomic E-state index is 5.72. The SMILES string of the molecule is c1ccc(-c2cc(-c3ccccc3)nc(-c3ccc(-c4cccc5c4nc(-c4ccc6c7ccccc7c7ccccc7c6c4)c4c6ccccc6sc54)cc3)n2)cc1.c1ccc(-c2ccc(-c3cc(-c4cccc5c4nc(-c4ccc6c7ccccc7c7ccccc7c6c4)c4c6ccccc6sc54)nc(-c4ccccc4)n3)cc2)cc1.